The van der Waals surface area contributed by atoms with E-state index in [0.29, 0.717) is 11.3 Å². The first-order valence-corrected chi connectivity index (χ1v) is 7.86. The van der Waals surface area contributed by atoms with Crippen molar-refractivity contribution in [1.29, 1.82) is 0 Å². The van der Waals surface area contributed by atoms with E-state index in [4.69, 9.17) is 4.74 Å². The molecule has 0 spiro atoms. The Labute approximate surface area is 102 Å². The van der Waals surface area contributed by atoms with Crippen LogP contribution in [0.4, 0.5) is 0 Å². The summed E-state index contributed by atoms with van der Waals surface area (Å²) in [5.41, 5.74) is 0. The Balaban J connectivity index is 2.14. The summed E-state index contributed by atoms with van der Waals surface area (Å²) in [6.45, 7) is 7.10. The van der Waals surface area contributed by atoms with Crippen molar-refractivity contribution in [1.82, 2.24) is 5.32 Å². The minimum Gasteiger partial charge on any atom is -0.381 e. The van der Waals surface area contributed by atoms with E-state index in [2.05, 4.69) is 19.2 Å². The van der Waals surface area contributed by atoms with Crippen molar-refractivity contribution >= 4 is 10.8 Å². The molecule has 0 amide bonds. The number of ether oxygens (including phenoxy) is 1. The molecular formula is C12H25NO2S. The fourth-order valence-electron chi connectivity index (χ4n) is 2.06. The molecule has 1 aliphatic heterocycles. The van der Waals surface area contributed by atoms with Gasteiger partial charge in [-0.2, -0.15) is 0 Å². The van der Waals surface area contributed by atoms with Crippen LogP contribution >= 0.6 is 0 Å². The van der Waals surface area contributed by atoms with Gasteiger partial charge in [0.15, 0.2) is 0 Å². The Morgan fingerprint density at radius 2 is 2.00 bits per heavy atom. The summed E-state index contributed by atoms with van der Waals surface area (Å²) < 4.78 is 16.5. The molecule has 0 bridgehead atoms. The summed E-state index contributed by atoms with van der Waals surface area (Å²) in [6, 6.07) is 0.557. The molecule has 3 nitrogen and oxygen atoms in total. The molecule has 0 aliphatic carbocycles. The SMILES string of the molecule is CC(NCCC(C)S(C)=O)C1CCOCC1. The van der Waals surface area contributed by atoms with Gasteiger partial charge >= 0.3 is 0 Å². The van der Waals surface area contributed by atoms with Crippen molar-refractivity contribution in [2.45, 2.75) is 44.4 Å². The second-order valence-corrected chi connectivity index (χ2v) is 6.59. The minimum atomic E-state index is -0.690. The molecule has 0 saturated carbocycles. The highest BCUT2D eigenvalue weighted by Gasteiger charge is 2.19. The molecule has 1 heterocycles. The van der Waals surface area contributed by atoms with E-state index in [1.54, 1.807) is 6.26 Å². The van der Waals surface area contributed by atoms with Crippen LogP contribution in [0.3, 0.4) is 0 Å². The lowest BCUT2D eigenvalue weighted by Crippen LogP contribution is -2.38. The van der Waals surface area contributed by atoms with Gasteiger partial charge in [0.05, 0.1) is 0 Å². The topological polar surface area (TPSA) is 38.3 Å². The summed E-state index contributed by atoms with van der Waals surface area (Å²) in [7, 11) is -0.690. The largest absolute Gasteiger partial charge is 0.381 e. The first kappa shape index (κ1) is 14.1. The maximum Gasteiger partial charge on any atom is 0.0469 e. The van der Waals surface area contributed by atoms with Crippen LogP contribution in [-0.4, -0.2) is 41.5 Å². The Bertz CT molecular complexity index is 217. The fraction of sp³-hybridized carbons (Fsp3) is 1.00. The zero-order valence-electron chi connectivity index (χ0n) is 10.7. The van der Waals surface area contributed by atoms with E-state index >= 15 is 0 Å². The first-order valence-electron chi connectivity index (χ1n) is 6.24. The van der Waals surface area contributed by atoms with Crippen LogP contribution in [0.25, 0.3) is 0 Å². The minimum absolute atomic E-state index is 0.300. The van der Waals surface area contributed by atoms with E-state index in [1.165, 1.54) is 12.8 Å². The smallest absolute Gasteiger partial charge is 0.0469 e. The van der Waals surface area contributed by atoms with E-state index in [9.17, 15) is 4.21 Å². The summed E-state index contributed by atoms with van der Waals surface area (Å²) in [4.78, 5) is 0. The molecule has 1 fully saturated rings. The maximum absolute atomic E-state index is 11.2. The zero-order chi connectivity index (χ0) is 12.0. The van der Waals surface area contributed by atoms with Crippen molar-refractivity contribution in [3.05, 3.63) is 0 Å². The highest BCUT2D eigenvalue weighted by molar-refractivity contribution is 7.84. The van der Waals surface area contributed by atoms with Gasteiger partial charge in [-0.05, 0) is 38.6 Å². The van der Waals surface area contributed by atoms with Gasteiger partial charge in [-0.25, -0.2) is 0 Å². The third-order valence-corrected chi connectivity index (χ3v) is 4.93. The van der Waals surface area contributed by atoms with E-state index in [1.807, 2.05) is 0 Å². The quantitative estimate of drug-likeness (QED) is 0.774. The maximum atomic E-state index is 11.2. The van der Waals surface area contributed by atoms with Gasteiger partial charge in [-0.1, -0.05) is 6.92 Å². The molecule has 0 radical (unpaired) electrons. The molecule has 1 saturated heterocycles. The van der Waals surface area contributed by atoms with E-state index < -0.39 is 10.8 Å². The molecule has 4 heteroatoms. The Hall–Kier alpha value is 0.0700. The van der Waals surface area contributed by atoms with Crippen LogP contribution < -0.4 is 5.32 Å². The van der Waals surface area contributed by atoms with Crippen molar-refractivity contribution < 1.29 is 8.95 Å². The predicted molar refractivity (Wildman–Crippen MR) is 69.2 cm³/mol. The molecule has 3 atom stereocenters. The molecule has 96 valence electrons. The third kappa shape index (κ3) is 4.93. The summed E-state index contributed by atoms with van der Waals surface area (Å²) in [5, 5.41) is 3.85. The number of rotatable bonds is 6. The molecular weight excluding hydrogens is 222 g/mol. The predicted octanol–water partition coefficient (Wildman–Crippen LogP) is 1.55. The first-order chi connectivity index (χ1) is 7.61. The lowest BCUT2D eigenvalue weighted by atomic mass is 9.93. The monoisotopic (exact) mass is 247 g/mol. The standard InChI is InChI=1S/C12H25NO2S/c1-10(16(3)14)4-7-13-11(2)12-5-8-15-9-6-12/h10-13H,4-9H2,1-3H3. The Kier molecular flexibility index (Phi) is 6.54. The Morgan fingerprint density at radius 3 is 2.56 bits per heavy atom. The molecule has 1 N–H and O–H groups in total. The van der Waals surface area contributed by atoms with Crippen molar-refractivity contribution in [3.63, 3.8) is 0 Å². The molecule has 0 aromatic heterocycles. The summed E-state index contributed by atoms with van der Waals surface area (Å²) in [6.07, 6.45) is 5.12. The van der Waals surface area contributed by atoms with Crippen LogP contribution in [0.2, 0.25) is 0 Å². The summed E-state index contributed by atoms with van der Waals surface area (Å²) >= 11 is 0. The van der Waals surface area contributed by atoms with Crippen molar-refractivity contribution in [2.24, 2.45) is 5.92 Å². The zero-order valence-corrected chi connectivity index (χ0v) is 11.5. The molecule has 16 heavy (non-hydrogen) atoms. The van der Waals surface area contributed by atoms with Gasteiger partial charge in [0.25, 0.3) is 0 Å². The molecule has 1 aliphatic rings. The third-order valence-electron chi connectivity index (χ3n) is 3.56. The highest BCUT2D eigenvalue weighted by Crippen LogP contribution is 2.18. The van der Waals surface area contributed by atoms with Gasteiger partial charge < -0.3 is 10.1 Å². The van der Waals surface area contributed by atoms with Crippen molar-refractivity contribution in [3.8, 4) is 0 Å². The molecule has 1 rings (SSSR count). The number of nitrogens with one attached hydrogen (secondary N) is 1. The normalized spacial score (nSPS) is 23.9. The summed E-state index contributed by atoms with van der Waals surface area (Å²) in [5.74, 6) is 0.746. The van der Waals surface area contributed by atoms with Gasteiger partial charge in [-0.15, -0.1) is 0 Å². The molecule has 0 aromatic rings. The van der Waals surface area contributed by atoms with Gasteiger partial charge in [0.2, 0.25) is 0 Å². The number of hydrogen-bond acceptors (Lipinski definition) is 3. The second-order valence-electron chi connectivity index (χ2n) is 4.79. The van der Waals surface area contributed by atoms with Gasteiger partial charge in [-0.3, -0.25) is 4.21 Å². The van der Waals surface area contributed by atoms with Crippen LogP contribution in [-0.2, 0) is 15.5 Å². The average molecular weight is 247 g/mol. The Morgan fingerprint density at radius 1 is 1.38 bits per heavy atom. The molecule has 3 unspecified atom stereocenters. The van der Waals surface area contributed by atoms with Gasteiger partial charge in [0, 0.05) is 41.6 Å². The lowest BCUT2D eigenvalue weighted by Gasteiger charge is -2.28. The van der Waals surface area contributed by atoms with Crippen LogP contribution in [0, 0.1) is 5.92 Å². The molecule has 0 aromatic carbocycles. The fourth-order valence-corrected chi connectivity index (χ4v) is 2.51. The van der Waals surface area contributed by atoms with Crippen LogP contribution in [0.5, 0.6) is 0 Å². The van der Waals surface area contributed by atoms with Crippen LogP contribution in [0.15, 0.2) is 0 Å². The van der Waals surface area contributed by atoms with Crippen molar-refractivity contribution in [2.75, 3.05) is 26.0 Å². The highest BCUT2D eigenvalue weighted by atomic mass is 32.2. The van der Waals surface area contributed by atoms with E-state index in [0.717, 1.165) is 32.1 Å². The lowest BCUT2D eigenvalue weighted by molar-refractivity contribution is 0.0560. The number of hydrogen-bond donors (Lipinski definition) is 1. The average Bonchev–Trinajstić information content (AvgIpc) is 2.29. The van der Waals surface area contributed by atoms with Crippen LogP contribution in [0.1, 0.15) is 33.1 Å². The van der Waals surface area contributed by atoms with E-state index in [-0.39, 0.29) is 0 Å². The second kappa shape index (κ2) is 7.41. The van der Waals surface area contributed by atoms with Gasteiger partial charge in [0.1, 0.15) is 0 Å².